The topological polar surface area (TPSA) is 41.1 Å². The van der Waals surface area contributed by atoms with Crippen LogP contribution in [-0.4, -0.2) is 25.0 Å². The second kappa shape index (κ2) is 5.22. The Labute approximate surface area is 80.3 Å². The van der Waals surface area contributed by atoms with Gasteiger partial charge in [-0.1, -0.05) is 6.92 Å². The van der Waals surface area contributed by atoms with Gasteiger partial charge in [0.1, 0.15) is 0 Å². The lowest BCUT2D eigenvalue weighted by Gasteiger charge is -2.29. The summed E-state index contributed by atoms with van der Waals surface area (Å²) in [5, 5.41) is 6.23. The van der Waals surface area contributed by atoms with Gasteiger partial charge in [-0.2, -0.15) is 0 Å². The van der Waals surface area contributed by atoms with Crippen LogP contribution >= 0.6 is 0 Å². The van der Waals surface area contributed by atoms with Crippen molar-refractivity contribution in [2.24, 2.45) is 5.92 Å². The summed E-state index contributed by atoms with van der Waals surface area (Å²) in [6.45, 7) is 5.97. The first-order valence-corrected chi connectivity index (χ1v) is 5.24. The smallest absolute Gasteiger partial charge is 0.221 e. The molecule has 0 aromatic heterocycles. The molecule has 1 aliphatic rings. The number of carbonyl (C=O) groups excluding carboxylic acids is 1. The molecule has 3 heteroatoms. The molecule has 1 aliphatic heterocycles. The number of amides is 1. The highest BCUT2D eigenvalue weighted by atomic mass is 16.1. The molecule has 0 saturated carbocycles. The minimum absolute atomic E-state index is 0.175. The van der Waals surface area contributed by atoms with Crippen molar-refractivity contribution in [2.45, 2.75) is 39.2 Å². The van der Waals surface area contributed by atoms with Gasteiger partial charge in [-0.3, -0.25) is 4.79 Å². The summed E-state index contributed by atoms with van der Waals surface area (Å²) >= 11 is 0. The predicted molar refractivity (Wildman–Crippen MR) is 53.5 cm³/mol. The molecule has 2 atom stereocenters. The number of piperidine rings is 1. The second-order valence-electron chi connectivity index (χ2n) is 3.84. The summed E-state index contributed by atoms with van der Waals surface area (Å²) in [6.07, 6.45) is 3.12. The van der Waals surface area contributed by atoms with E-state index >= 15 is 0 Å². The van der Waals surface area contributed by atoms with Crippen LogP contribution in [0.15, 0.2) is 0 Å². The average molecular weight is 184 g/mol. The number of hydrogen-bond acceptors (Lipinski definition) is 2. The zero-order valence-electron chi connectivity index (χ0n) is 8.60. The average Bonchev–Trinajstić information content (AvgIpc) is 2.09. The SMILES string of the molecule is CCNC(=O)CC1NCCCC1C. The molecule has 1 fully saturated rings. The Kier molecular flexibility index (Phi) is 4.22. The number of nitrogens with one attached hydrogen (secondary N) is 2. The van der Waals surface area contributed by atoms with Gasteiger partial charge < -0.3 is 10.6 Å². The van der Waals surface area contributed by atoms with Gasteiger partial charge in [0.25, 0.3) is 0 Å². The third-order valence-corrected chi connectivity index (χ3v) is 2.71. The van der Waals surface area contributed by atoms with Crippen LogP contribution < -0.4 is 10.6 Å². The third kappa shape index (κ3) is 3.35. The first-order valence-electron chi connectivity index (χ1n) is 5.24. The molecular formula is C10H20N2O. The van der Waals surface area contributed by atoms with Gasteiger partial charge in [-0.05, 0) is 32.2 Å². The molecule has 2 unspecified atom stereocenters. The maximum Gasteiger partial charge on any atom is 0.221 e. The highest BCUT2D eigenvalue weighted by Gasteiger charge is 2.22. The van der Waals surface area contributed by atoms with Gasteiger partial charge in [0.15, 0.2) is 0 Å². The minimum Gasteiger partial charge on any atom is -0.356 e. The van der Waals surface area contributed by atoms with Crippen molar-refractivity contribution in [3.63, 3.8) is 0 Å². The molecule has 0 aliphatic carbocycles. The van der Waals surface area contributed by atoms with Gasteiger partial charge in [0, 0.05) is 19.0 Å². The fraction of sp³-hybridized carbons (Fsp3) is 0.900. The molecule has 0 aromatic rings. The molecule has 2 N–H and O–H groups in total. The van der Waals surface area contributed by atoms with Crippen LogP contribution in [0.2, 0.25) is 0 Å². The van der Waals surface area contributed by atoms with Crippen LogP contribution in [0.5, 0.6) is 0 Å². The van der Waals surface area contributed by atoms with Crippen LogP contribution in [0.1, 0.15) is 33.1 Å². The molecular weight excluding hydrogens is 164 g/mol. The van der Waals surface area contributed by atoms with E-state index in [0.29, 0.717) is 18.4 Å². The van der Waals surface area contributed by atoms with Crippen LogP contribution in [0.3, 0.4) is 0 Å². The van der Waals surface area contributed by atoms with E-state index in [-0.39, 0.29) is 5.91 Å². The van der Waals surface area contributed by atoms with E-state index in [2.05, 4.69) is 17.6 Å². The first kappa shape index (κ1) is 10.5. The summed E-state index contributed by atoms with van der Waals surface area (Å²) < 4.78 is 0. The van der Waals surface area contributed by atoms with Crippen molar-refractivity contribution < 1.29 is 4.79 Å². The van der Waals surface area contributed by atoms with Crippen LogP contribution in [0.4, 0.5) is 0 Å². The van der Waals surface area contributed by atoms with Crippen molar-refractivity contribution in [1.82, 2.24) is 10.6 Å². The number of hydrogen-bond donors (Lipinski definition) is 2. The molecule has 76 valence electrons. The minimum atomic E-state index is 0.175. The Hall–Kier alpha value is -0.570. The third-order valence-electron chi connectivity index (χ3n) is 2.71. The molecule has 1 heterocycles. The Morgan fingerprint density at radius 1 is 1.62 bits per heavy atom. The van der Waals surface area contributed by atoms with Crippen molar-refractivity contribution in [3.8, 4) is 0 Å². The molecule has 0 spiro atoms. The summed E-state index contributed by atoms with van der Waals surface area (Å²) in [7, 11) is 0. The monoisotopic (exact) mass is 184 g/mol. The Morgan fingerprint density at radius 2 is 2.38 bits per heavy atom. The van der Waals surface area contributed by atoms with E-state index in [1.165, 1.54) is 12.8 Å². The number of carbonyl (C=O) groups is 1. The van der Waals surface area contributed by atoms with Crippen LogP contribution in [0.25, 0.3) is 0 Å². The van der Waals surface area contributed by atoms with E-state index in [4.69, 9.17) is 0 Å². The van der Waals surface area contributed by atoms with Gasteiger partial charge in [0.05, 0.1) is 0 Å². The Bertz CT molecular complexity index is 170. The zero-order chi connectivity index (χ0) is 9.68. The van der Waals surface area contributed by atoms with Crippen LogP contribution in [0, 0.1) is 5.92 Å². The lowest BCUT2D eigenvalue weighted by molar-refractivity contribution is -0.121. The van der Waals surface area contributed by atoms with Crippen molar-refractivity contribution >= 4 is 5.91 Å². The van der Waals surface area contributed by atoms with Crippen LogP contribution in [-0.2, 0) is 4.79 Å². The number of rotatable bonds is 3. The molecule has 1 saturated heterocycles. The van der Waals surface area contributed by atoms with Crippen molar-refractivity contribution in [3.05, 3.63) is 0 Å². The van der Waals surface area contributed by atoms with E-state index in [9.17, 15) is 4.79 Å². The highest BCUT2D eigenvalue weighted by molar-refractivity contribution is 5.76. The largest absolute Gasteiger partial charge is 0.356 e. The summed E-state index contributed by atoms with van der Waals surface area (Å²) in [5.74, 6) is 0.810. The molecule has 3 nitrogen and oxygen atoms in total. The summed E-state index contributed by atoms with van der Waals surface area (Å²) in [4.78, 5) is 11.3. The summed E-state index contributed by atoms with van der Waals surface area (Å²) in [6, 6.07) is 0.389. The van der Waals surface area contributed by atoms with Gasteiger partial charge in [-0.25, -0.2) is 0 Å². The molecule has 0 radical (unpaired) electrons. The molecule has 1 amide bonds. The van der Waals surface area contributed by atoms with Crippen molar-refractivity contribution in [1.29, 1.82) is 0 Å². The first-order chi connectivity index (χ1) is 6.24. The maximum atomic E-state index is 11.3. The molecule has 0 aromatic carbocycles. The zero-order valence-corrected chi connectivity index (χ0v) is 8.60. The van der Waals surface area contributed by atoms with Crippen molar-refractivity contribution in [2.75, 3.05) is 13.1 Å². The maximum absolute atomic E-state index is 11.3. The lowest BCUT2D eigenvalue weighted by atomic mass is 9.90. The van der Waals surface area contributed by atoms with E-state index in [0.717, 1.165) is 13.1 Å². The lowest BCUT2D eigenvalue weighted by Crippen LogP contribution is -2.43. The van der Waals surface area contributed by atoms with E-state index < -0.39 is 0 Å². The predicted octanol–water partition coefficient (Wildman–Crippen LogP) is 0.901. The van der Waals surface area contributed by atoms with Gasteiger partial charge in [0.2, 0.25) is 5.91 Å². The highest BCUT2D eigenvalue weighted by Crippen LogP contribution is 2.17. The molecule has 0 bridgehead atoms. The second-order valence-corrected chi connectivity index (χ2v) is 3.84. The van der Waals surface area contributed by atoms with Gasteiger partial charge >= 0.3 is 0 Å². The van der Waals surface area contributed by atoms with Gasteiger partial charge in [-0.15, -0.1) is 0 Å². The summed E-state index contributed by atoms with van der Waals surface area (Å²) in [5.41, 5.74) is 0. The Morgan fingerprint density at radius 3 is 3.00 bits per heavy atom. The van der Waals surface area contributed by atoms with E-state index in [1.807, 2.05) is 6.92 Å². The quantitative estimate of drug-likeness (QED) is 0.684. The fourth-order valence-electron chi connectivity index (χ4n) is 1.86. The normalized spacial score (nSPS) is 28.5. The molecule has 13 heavy (non-hydrogen) atoms. The van der Waals surface area contributed by atoms with E-state index in [1.54, 1.807) is 0 Å². The fourth-order valence-corrected chi connectivity index (χ4v) is 1.86. The Balaban J connectivity index is 2.29. The molecule has 1 rings (SSSR count). The standard InChI is InChI=1S/C10H20N2O/c1-3-11-10(13)7-9-8(2)5-4-6-12-9/h8-9,12H,3-7H2,1-2H3,(H,11,13).